The first kappa shape index (κ1) is 8.94. The number of ether oxygens (including phenoxy) is 2. The number of hydrogen-bond donors (Lipinski definition) is 0. The summed E-state index contributed by atoms with van der Waals surface area (Å²) in [5, 5.41) is 0. The van der Waals surface area contributed by atoms with Crippen LogP contribution in [-0.2, 0) is 14.1 Å². The van der Waals surface area contributed by atoms with Gasteiger partial charge in [0.25, 0.3) is 8.05 Å². The van der Waals surface area contributed by atoms with Crippen molar-refractivity contribution in [1.29, 1.82) is 0 Å². The van der Waals surface area contributed by atoms with Crippen LogP contribution in [0.3, 0.4) is 0 Å². The predicted molar refractivity (Wildman–Crippen MR) is 37.2 cm³/mol. The molecule has 0 aromatic rings. The first-order valence-corrected chi connectivity index (χ1v) is 2.85. The molecule has 0 aliphatic carbocycles. The molecule has 3 nitrogen and oxygen atoms in total. The lowest BCUT2D eigenvalue weighted by molar-refractivity contribution is 0.0291. The monoisotopic (exact) mass is 132 g/mol. The van der Waals surface area contributed by atoms with Crippen LogP contribution >= 0.6 is 0 Å². The van der Waals surface area contributed by atoms with E-state index in [0.29, 0.717) is 13.2 Å². The first-order valence-electron chi connectivity index (χ1n) is 2.85. The highest BCUT2D eigenvalue weighted by Crippen LogP contribution is 1.89. The Morgan fingerprint density at radius 2 is 1.67 bits per heavy atom. The SMILES string of the molecule is BOC(COC)COC. The smallest absolute Gasteiger partial charge is 0.257 e. The summed E-state index contributed by atoms with van der Waals surface area (Å²) in [5.41, 5.74) is 0. The molecule has 0 bridgehead atoms. The van der Waals surface area contributed by atoms with Crippen LogP contribution in [0.5, 0.6) is 0 Å². The van der Waals surface area contributed by atoms with Crippen molar-refractivity contribution in [1.82, 2.24) is 0 Å². The van der Waals surface area contributed by atoms with Crippen LogP contribution in [0.4, 0.5) is 0 Å². The summed E-state index contributed by atoms with van der Waals surface area (Å²) in [5.74, 6) is 0. The fourth-order valence-electron chi connectivity index (χ4n) is 0.556. The maximum Gasteiger partial charge on any atom is 0.257 e. The Morgan fingerprint density at radius 3 is 1.89 bits per heavy atom. The van der Waals surface area contributed by atoms with Crippen LogP contribution in [0.1, 0.15) is 0 Å². The van der Waals surface area contributed by atoms with Gasteiger partial charge < -0.3 is 14.1 Å². The van der Waals surface area contributed by atoms with Crippen molar-refractivity contribution >= 4 is 8.05 Å². The molecule has 0 radical (unpaired) electrons. The second kappa shape index (κ2) is 6.07. The van der Waals surface area contributed by atoms with Crippen LogP contribution in [0.15, 0.2) is 0 Å². The Morgan fingerprint density at radius 1 is 1.22 bits per heavy atom. The minimum Gasteiger partial charge on any atom is -0.437 e. The summed E-state index contributed by atoms with van der Waals surface area (Å²) in [6, 6.07) is 0. The molecule has 9 heavy (non-hydrogen) atoms. The van der Waals surface area contributed by atoms with Crippen molar-refractivity contribution in [2.75, 3.05) is 27.4 Å². The van der Waals surface area contributed by atoms with Crippen molar-refractivity contribution in [3.05, 3.63) is 0 Å². The van der Waals surface area contributed by atoms with Crippen molar-refractivity contribution in [2.24, 2.45) is 0 Å². The molecule has 0 saturated heterocycles. The Kier molecular flexibility index (Phi) is 6.03. The standard InChI is InChI=1S/C5H13BO3/c1-7-3-5(9-6)4-8-2/h5H,3-4,6H2,1-2H3. The molecule has 0 spiro atoms. The molecule has 54 valence electrons. The largest absolute Gasteiger partial charge is 0.437 e. The van der Waals surface area contributed by atoms with E-state index < -0.39 is 0 Å². The van der Waals surface area contributed by atoms with Gasteiger partial charge in [0.15, 0.2) is 0 Å². The summed E-state index contributed by atoms with van der Waals surface area (Å²) >= 11 is 0. The quantitative estimate of drug-likeness (QED) is 0.459. The molecule has 0 aromatic carbocycles. The van der Waals surface area contributed by atoms with E-state index in [0.717, 1.165) is 0 Å². The average Bonchev–Trinajstić information content (AvgIpc) is 1.88. The van der Waals surface area contributed by atoms with E-state index in [-0.39, 0.29) is 6.10 Å². The zero-order chi connectivity index (χ0) is 7.11. The summed E-state index contributed by atoms with van der Waals surface area (Å²) in [4.78, 5) is 0. The lowest BCUT2D eigenvalue weighted by atomic mass is 10.4. The molecule has 0 N–H and O–H groups in total. The van der Waals surface area contributed by atoms with E-state index in [1.165, 1.54) is 0 Å². The molecule has 0 heterocycles. The summed E-state index contributed by atoms with van der Waals surface area (Å²) in [6.07, 6.45) is 0.0694. The molecule has 0 aliphatic heterocycles. The van der Waals surface area contributed by atoms with Crippen LogP contribution in [0, 0.1) is 0 Å². The van der Waals surface area contributed by atoms with E-state index in [9.17, 15) is 0 Å². The second-order valence-corrected chi connectivity index (χ2v) is 1.77. The number of methoxy groups -OCH3 is 2. The highest BCUT2D eigenvalue weighted by Gasteiger charge is 2.03. The highest BCUT2D eigenvalue weighted by atomic mass is 16.5. The molecule has 4 heteroatoms. The Labute approximate surface area is 56.7 Å². The molecule has 0 aromatic heterocycles. The van der Waals surface area contributed by atoms with Crippen molar-refractivity contribution in [2.45, 2.75) is 6.10 Å². The van der Waals surface area contributed by atoms with E-state index in [4.69, 9.17) is 14.1 Å². The lowest BCUT2D eigenvalue weighted by Crippen LogP contribution is -2.23. The molecule has 0 fully saturated rings. The molecule has 0 aliphatic rings. The Bertz CT molecular complexity index is 54.2. The third kappa shape index (κ3) is 4.45. The first-order chi connectivity index (χ1) is 4.35. The van der Waals surface area contributed by atoms with Gasteiger partial charge in [0, 0.05) is 14.2 Å². The van der Waals surface area contributed by atoms with Gasteiger partial charge in [0.1, 0.15) is 0 Å². The second-order valence-electron chi connectivity index (χ2n) is 1.77. The zero-order valence-corrected chi connectivity index (χ0v) is 6.22. The Balaban J connectivity index is 3.18. The van der Waals surface area contributed by atoms with Gasteiger partial charge in [-0.3, -0.25) is 0 Å². The number of rotatable bonds is 5. The van der Waals surface area contributed by atoms with Gasteiger partial charge in [-0.25, -0.2) is 0 Å². The van der Waals surface area contributed by atoms with Crippen LogP contribution in [0.25, 0.3) is 0 Å². The molecule has 0 saturated carbocycles. The van der Waals surface area contributed by atoms with Crippen LogP contribution in [0.2, 0.25) is 0 Å². The molecule has 0 atom stereocenters. The zero-order valence-electron chi connectivity index (χ0n) is 6.22. The van der Waals surface area contributed by atoms with Gasteiger partial charge in [-0.05, 0) is 0 Å². The predicted octanol–water partition coefficient (Wildman–Crippen LogP) is -0.788. The summed E-state index contributed by atoms with van der Waals surface area (Å²) in [6.45, 7) is 1.18. The summed E-state index contributed by atoms with van der Waals surface area (Å²) in [7, 11) is 4.92. The molecule has 0 unspecified atom stereocenters. The van der Waals surface area contributed by atoms with Crippen LogP contribution < -0.4 is 0 Å². The van der Waals surface area contributed by atoms with Gasteiger partial charge >= 0.3 is 0 Å². The molecular weight excluding hydrogens is 119 g/mol. The Hall–Kier alpha value is -0.0551. The van der Waals surface area contributed by atoms with Gasteiger partial charge in [0.05, 0.1) is 19.3 Å². The molecular formula is C5H13BO3. The van der Waals surface area contributed by atoms with Gasteiger partial charge in [-0.1, -0.05) is 0 Å². The van der Waals surface area contributed by atoms with E-state index >= 15 is 0 Å². The molecule has 0 amide bonds. The third-order valence-corrected chi connectivity index (χ3v) is 1.04. The lowest BCUT2D eigenvalue weighted by Gasteiger charge is -2.12. The fourth-order valence-corrected chi connectivity index (χ4v) is 0.556. The topological polar surface area (TPSA) is 27.7 Å². The van der Waals surface area contributed by atoms with Gasteiger partial charge in [-0.15, -0.1) is 0 Å². The maximum absolute atomic E-state index is 4.98. The van der Waals surface area contributed by atoms with Crippen molar-refractivity contribution in [3.8, 4) is 0 Å². The fraction of sp³-hybridized carbons (Fsp3) is 1.00. The average molecular weight is 132 g/mol. The third-order valence-electron chi connectivity index (χ3n) is 1.04. The van der Waals surface area contributed by atoms with Gasteiger partial charge in [0.2, 0.25) is 0 Å². The normalized spacial score (nSPS) is 10.6. The van der Waals surface area contributed by atoms with Crippen molar-refractivity contribution < 1.29 is 14.1 Å². The van der Waals surface area contributed by atoms with Crippen LogP contribution in [-0.4, -0.2) is 41.6 Å². The summed E-state index contributed by atoms with van der Waals surface area (Å²) < 4.78 is 14.7. The van der Waals surface area contributed by atoms with E-state index in [1.54, 1.807) is 22.3 Å². The maximum atomic E-state index is 4.98. The van der Waals surface area contributed by atoms with Gasteiger partial charge in [-0.2, -0.15) is 0 Å². The minimum atomic E-state index is 0.0694. The van der Waals surface area contributed by atoms with E-state index in [2.05, 4.69) is 0 Å². The van der Waals surface area contributed by atoms with E-state index in [1.807, 2.05) is 0 Å². The molecule has 0 rings (SSSR count). The minimum absolute atomic E-state index is 0.0694. The number of hydrogen-bond acceptors (Lipinski definition) is 3. The highest BCUT2D eigenvalue weighted by molar-refractivity contribution is 5.98. The van der Waals surface area contributed by atoms with Crippen molar-refractivity contribution in [3.63, 3.8) is 0 Å².